The van der Waals surface area contributed by atoms with Crippen molar-refractivity contribution in [3.8, 4) is 0 Å². The molecular weight excluding hydrogens is 342 g/mol. The van der Waals surface area contributed by atoms with Gasteiger partial charge in [0.05, 0.1) is 0 Å². The molecule has 1 heterocycles. The molecule has 0 unspecified atom stereocenters. The maximum Gasteiger partial charge on any atom is 0.472 e. The summed E-state index contributed by atoms with van der Waals surface area (Å²) >= 11 is 0. The molecular formula is C6H14O13P2. The number of phosphoric acid groups is 2. The normalized spacial score (nSPS) is 38.5. The smallest absolute Gasteiger partial charge is 0.387 e. The van der Waals surface area contributed by atoms with E-state index < -0.39 is 52.6 Å². The van der Waals surface area contributed by atoms with Crippen LogP contribution in [0.3, 0.4) is 0 Å². The highest BCUT2D eigenvalue weighted by molar-refractivity contribution is 7.46. The number of aliphatic hydroxyl groups excluding tert-OH is 3. The Bertz CT molecular complexity index is 456. The maximum absolute atomic E-state index is 10.7. The average molecular weight is 356 g/mol. The van der Waals surface area contributed by atoms with Gasteiger partial charge in [-0.25, -0.2) is 9.13 Å². The summed E-state index contributed by atoms with van der Waals surface area (Å²) in [6, 6.07) is 0. The molecule has 0 aromatic heterocycles. The molecule has 126 valence electrons. The first-order chi connectivity index (χ1) is 9.25. The van der Waals surface area contributed by atoms with Crippen LogP contribution in [0.15, 0.2) is 0 Å². The van der Waals surface area contributed by atoms with Gasteiger partial charge in [-0.15, -0.1) is 0 Å². The minimum atomic E-state index is -5.21. The molecule has 1 aliphatic heterocycles. The summed E-state index contributed by atoms with van der Waals surface area (Å²) < 4.78 is 33.5. The van der Waals surface area contributed by atoms with E-state index in [4.69, 9.17) is 19.6 Å². The Hall–Kier alpha value is 0.0200. The van der Waals surface area contributed by atoms with E-state index in [1.54, 1.807) is 0 Å². The highest BCUT2D eigenvalue weighted by Crippen LogP contribution is 2.43. The minimum Gasteiger partial charge on any atom is -0.387 e. The van der Waals surface area contributed by atoms with Crippen molar-refractivity contribution in [1.29, 1.82) is 0 Å². The second kappa shape index (κ2) is 6.26. The summed E-state index contributed by atoms with van der Waals surface area (Å²) in [7, 11) is -10.3. The van der Waals surface area contributed by atoms with Gasteiger partial charge in [0.2, 0.25) is 12.1 Å². The van der Waals surface area contributed by atoms with Crippen LogP contribution in [-0.4, -0.2) is 77.0 Å². The third-order valence-corrected chi connectivity index (χ3v) is 3.36. The van der Waals surface area contributed by atoms with Gasteiger partial charge in [0.15, 0.2) is 0 Å². The Balaban J connectivity index is 2.93. The van der Waals surface area contributed by atoms with Crippen LogP contribution in [0.2, 0.25) is 0 Å². The van der Waals surface area contributed by atoms with Gasteiger partial charge >= 0.3 is 15.6 Å². The molecule has 21 heavy (non-hydrogen) atoms. The lowest BCUT2D eigenvalue weighted by Gasteiger charge is -2.44. The van der Waals surface area contributed by atoms with E-state index in [-0.39, 0.29) is 0 Å². The van der Waals surface area contributed by atoms with Crippen LogP contribution in [0.4, 0.5) is 0 Å². The lowest BCUT2D eigenvalue weighted by atomic mass is 9.96. The highest BCUT2D eigenvalue weighted by atomic mass is 31.2. The van der Waals surface area contributed by atoms with Crippen molar-refractivity contribution in [1.82, 2.24) is 0 Å². The Morgan fingerprint density at radius 3 is 1.95 bits per heavy atom. The van der Waals surface area contributed by atoms with Crippen molar-refractivity contribution >= 4 is 15.6 Å². The molecule has 8 N–H and O–H groups in total. The van der Waals surface area contributed by atoms with Crippen LogP contribution in [0.1, 0.15) is 0 Å². The van der Waals surface area contributed by atoms with Crippen molar-refractivity contribution in [2.24, 2.45) is 0 Å². The first kappa shape index (κ1) is 19.1. The molecule has 13 nitrogen and oxygen atoms in total. The molecule has 0 bridgehead atoms. The van der Waals surface area contributed by atoms with Gasteiger partial charge in [-0.1, -0.05) is 0 Å². The van der Waals surface area contributed by atoms with Crippen molar-refractivity contribution in [3.63, 3.8) is 0 Å². The Morgan fingerprint density at radius 2 is 1.52 bits per heavy atom. The number of hydrogen-bond acceptors (Lipinski definition) is 9. The summed E-state index contributed by atoms with van der Waals surface area (Å²) in [5.74, 6) is -3.00. The third-order valence-electron chi connectivity index (χ3n) is 2.42. The molecule has 0 aromatic rings. The Labute approximate surface area is 116 Å². The Kier molecular flexibility index (Phi) is 5.68. The topological polar surface area (TPSA) is 224 Å². The van der Waals surface area contributed by atoms with E-state index in [1.165, 1.54) is 0 Å². The van der Waals surface area contributed by atoms with Crippen LogP contribution in [0.5, 0.6) is 0 Å². The van der Waals surface area contributed by atoms with E-state index in [9.17, 15) is 29.6 Å². The van der Waals surface area contributed by atoms with Crippen molar-refractivity contribution in [2.75, 3.05) is 6.61 Å². The van der Waals surface area contributed by atoms with E-state index in [0.29, 0.717) is 0 Å². The first-order valence-corrected chi connectivity index (χ1v) is 8.20. The fourth-order valence-corrected chi connectivity index (χ4v) is 2.26. The SMILES string of the molecule is O=P(O)(O)OC[C@]1(O)O[C@H](OP(=O)(O)O)[C@@H](O)[C@H](O)[C@@H]1O. The third kappa shape index (κ3) is 5.30. The van der Waals surface area contributed by atoms with Crippen LogP contribution < -0.4 is 0 Å². The number of ether oxygens (including phenoxy) is 1. The van der Waals surface area contributed by atoms with Crippen molar-refractivity contribution in [2.45, 2.75) is 30.4 Å². The molecule has 15 heteroatoms. The Morgan fingerprint density at radius 1 is 1.00 bits per heavy atom. The van der Waals surface area contributed by atoms with Gasteiger partial charge in [0.25, 0.3) is 0 Å². The summed E-state index contributed by atoms with van der Waals surface area (Å²) in [5.41, 5.74) is 0. The summed E-state index contributed by atoms with van der Waals surface area (Å²) in [4.78, 5) is 34.2. The monoisotopic (exact) mass is 356 g/mol. The molecule has 0 radical (unpaired) electrons. The largest absolute Gasteiger partial charge is 0.472 e. The van der Waals surface area contributed by atoms with Gasteiger partial charge in [-0.05, 0) is 0 Å². The van der Waals surface area contributed by atoms with Crippen LogP contribution in [-0.2, 0) is 22.9 Å². The predicted octanol–water partition coefficient (Wildman–Crippen LogP) is -3.67. The van der Waals surface area contributed by atoms with Gasteiger partial charge in [0.1, 0.15) is 24.9 Å². The molecule has 1 fully saturated rings. The number of hydrogen-bond donors (Lipinski definition) is 8. The zero-order valence-corrected chi connectivity index (χ0v) is 11.8. The van der Waals surface area contributed by atoms with E-state index in [1.807, 2.05) is 0 Å². The van der Waals surface area contributed by atoms with Crippen LogP contribution >= 0.6 is 15.6 Å². The van der Waals surface area contributed by atoms with E-state index >= 15 is 0 Å². The first-order valence-electron chi connectivity index (χ1n) is 5.13. The molecule has 1 saturated heterocycles. The second-order valence-electron chi connectivity index (χ2n) is 4.12. The van der Waals surface area contributed by atoms with Gasteiger partial charge in [-0.3, -0.25) is 9.05 Å². The van der Waals surface area contributed by atoms with Gasteiger partial charge in [-0.2, -0.15) is 0 Å². The molecule has 0 aliphatic carbocycles. The predicted molar refractivity (Wildman–Crippen MR) is 59.0 cm³/mol. The lowest BCUT2D eigenvalue weighted by Crippen LogP contribution is -2.66. The van der Waals surface area contributed by atoms with Crippen LogP contribution in [0, 0.1) is 0 Å². The molecule has 1 aliphatic rings. The zero-order chi connectivity index (χ0) is 16.6. The van der Waals surface area contributed by atoms with Gasteiger partial charge in [0, 0.05) is 0 Å². The second-order valence-corrected chi connectivity index (χ2v) is 6.55. The quantitative estimate of drug-likeness (QED) is 0.223. The van der Waals surface area contributed by atoms with Crippen molar-refractivity contribution in [3.05, 3.63) is 0 Å². The number of phosphoric ester groups is 2. The molecule has 0 aromatic carbocycles. The molecule has 0 amide bonds. The lowest BCUT2D eigenvalue weighted by molar-refractivity contribution is -0.384. The van der Waals surface area contributed by atoms with Gasteiger partial charge < -0.3 is 44.7 Å². The minimum absolute atomic E-state index is 1.39. The highest BCUT2D eigenvalue weighted by Gasteiger charge is 2.55. The van der Waals surface area contributed by atoms with Crippen LogP contribution in [0.25, 0.3) is 0 Å². The fourth-order valence-electron chi connectivity index (χ4n) is 1.47. The molecule has 0 spiro atoms. The summed E-state index contributed by atoms with van der Waals surface area (Å²) in [6.45, 7) is -1.39. The van der Waals surface area contributed by atoms with Crippen molar-refractivity contribution < 1.29 is 62.9 Å². The number of rotatable bonds is 5. The maximum atomic E-state index is 10.7. The summed E-state index contributed by atoms with van der Waals surface area (Å²) in [5, 5.41) is 38.2. The average Bonchev–Trinajstić information content (AvgIpc) is 2.29. The van der Waals surface area contributed by atoms with E-state index in [2.05, 4.69) is 13.8 Å². The molecule has 5 atom stereocenters. The fraction of sp³-hybridized carbons (Fsp3) is 1.00. The number of aliphatic hydroxyl groups is 4. The standard InChI is InChI=1S/C6H14O13P2/c7-2-3(8)5(19-21(14,15)16)18-6(10,4(2)9)1-17-20(11,12)13/h2-5,7-10H,1H2,(H2,11,12,13)(H2,14,15,16)/t2-,3-,4-,5+,6-/m0/s1. The molecule has 1 rings (SSSR count). The summed E-state index contributed by atoms with van der Waals surface area (Å²) in [6.07, 6.45) is -8.98. The molecule has 0 saturated carbocycles. The van der Waals surface area contributed by atoms with E-state index in [0.717, 1.165) is 0 Å². The zero-order valence-electron chi connectivity index (χ0n) is 10.0.